The second kappa shape index (κ2) is 5.70. The van der Waals surface area contributed by atoms with Gasteiger partial charge in [-0.3, -0.25) is 13.9 Å². The average Bonchev–Trinajstić information content (AvgIpc) is 2.31. The second-order valence-electron chi connectivity index (χ2n) is 4.49. The van der Waals surface area contributed by atoms with Gasteiger partial charge in [-0.1, -0.05) is 27.2 Å². The minimum atomic E-state index is -0.373. The maximum absolute atomic E-state index is 12.1. The summed E-state index contributed by atoms with van der Waals surface area (Å²) in [6, 6.07) is 0. The quantitative estimate of drug-likeness (QED) is 0.835. The van der Waals surface area contributed by atoms with Gasteiger partial charge in [-0.2, -0.15) is 0 Å². The molecule has 0 amide bonds. The molecule has 0 aliphatic rings. The number of anilines is 1. The van der Waals surface area contributed by atoms with E-state index in [1.54, 1.807) is 0 Å². The first-order valence-electron chi connectivity index (χ1n) is 6.11. The Bertz CT molecular complexity index is 488. The van der Waals surface area contributed by atoms with Crippen molar-refractivity contribution >= 4 is 5.69 Å². The van der Waals surface area contributed by atoms with Gasteiger partial charge in [0, 0.05) is 19.3 Å². The van der Waals surface area contributed by atoms with Crippen LogP contribution in [0.25, 0.3) is 0 Å². The van der Waals surface area contributed by atoms with E-state index >= 15 is 0 Å². The van der Waals surface area contributed by atoms with Crippen LogP contribution in [0.2, 0.25) is 0 Å². The summed E-state index contributed by atoms with van der Waals surface area (Å²) in [4.78, 5) is 23.9. The van der Waals surface area contributed by atoms with Crippen LogP contribution in [0.4, 0.5) is 5.69 Å². The van der Waals surface area contributed by atoms with Gasteiger partial charge in [0.15, 0.2) is 0 Å². The first-order chi connectivity index (χ1) is 8.01. The largest absolute Gasteiger partial charge is 0.393 e. The number of rotatable bonds is 5. The molecule has 1 aromatic heterocycles. The molecule has 0 bridgehead atoms. The van der Waals surface area contributed by atoms with Crippen molar-refractivity contribution in [1.29, 1.82) is 0 Å². The SMILES string of the molecule is CCCn1cc(N)c(=O)n(CC(C)CC)c1=O. The van der Waals surface area contributed by atoms with Gasteiger partial charge < -0.3 is 5.73 Å². The number of nitrogens with zero attached hydrogens (tertiary/aromatic N) is 2. The summed E-state index contributed by atoms with van der Waals surface area (Å²) in [5.74, 6) is 0.289. The monoisotopic (exact) mass is 239 g/mol. The van der Waals surface area contributed by atoms with E-state index in [2.05, 4.69) is 0 Å². The molecule has 1 unspecified atom stereocenters. The average molecular weight is 239 g/mol. The number of nitrogens with two attached hydrogens (primary N) is 1. The molecule has 0 spiro atoms. The predicted octanol–water partition coefficient (Wildman–Crippen LogP) is 1.05. The fraction of sp³-hybridized carbons (Fsp3) is 0.667. The Labute approximate surface area is 101 Å². The van der Waals surface area contributed by atoms with E-state index in [-0.39, 0.29) is 22.9 Å². The minimum absolute atomic E-state index is 0.140. The lowest BCUT2D eigenvalue weighted by Crippen LogP contribution is -2.41. The third kappa shape index (κ3) is 2.99. The van der Waals surface area contributed by atoms with Crippen molar-refractivity contribution < 1.29 is 0 Å². The molecule has 1 rings (SSSR count). The second-order valence-corrected chi connectivity index (χ2v) is 4.49. The van der Waals surface area contributed by atoms with Crippen LogP contribution in [-0.4, -0.2) is 9.13 Å². The molecular formula is C12H21N3O2. The van der Waals surface area contributed by atoms with E-state index in [9.17, 15) is 9.59 Å². The van der Waals surface area contributed by atoms with Crippen molar-refractivity contribution in [3.63, 3.8) is 0 Å². The molecule has 1 atom stereocenters. The Kier molecular flexibility index (Phi) is 4.54. The Morgan fingerprint density at radius 3 is 2.53 bits per heavy atom. The number of hydrogen-bond donors (Lipinski definition) is 1. The van der Waals surface area contributed by atoms with Crippen molar-refractivity contribution in [3.05, 3.63) is 27.0 Å². The highest BCUT2D eigenvalue weighted by atomic mass is 16.2. The van der Waals surface area contributed by atoms with Gasteiger partial charge in [-0.25, -0.2) is 4.79 Å². The van der Waals surface area contributed by atoms with Gasteiger partial charge in [0.25, 0.3) is 5.56 Å². The highest BCUT2D eigenvalue weighted by Crippen LogP contribution is 2.02. The number of aromatic nitrogens is 2. The molecule has 5 nitrogen and oxygen atoms in total. The Hall–Kier alpha value is -1.52. The molecule has 1 aromatic rings. The Morgan fingerprint density at radius 2 is 2.00 bits per heavy atom. The molecule has 0 fully saturated rings. The molecule has 5 heteroatoms. The summed E-state index contributed by atoms with van der Waals surface area (Å²) in [6.07, 6.45) is 3.20. The zero-order valence-electron chi connectivity index (χ0n) is 10.8. The first-order valence-corrected chi connectivity index (χ1v) is 6.11. The molecule has 0 aliphatic carbocycles. The topological polar surface area (TPSA) is 70.0 Å². The van der Waals surface area contributed by atoms with Gasteiger partial charge in [-0.05, 0) is 12.3 Å². The van der Waals surface area contributed by atoms with Crippen molar-refractivity contribution in [1.82, 2.24) is 9.13 Å². The number of nitrogen functional groups attached to an aromatic ring is 1. The van der Waals surface area contributed by atoms with Crippen molar-refractivity contribution in [2.45, 2.75) is 46.7 Å². The molecule has 17 heavy (non-hydrogen) atoms. The van der Waals surface area contributed by atoms with Crippen molar-refractivity contribution in [2.75, 3.05) is 5.73 Å². The van der Waals surface area contributed by atoms with Gasteiger partial charge in [0.05, 0.1) is 0 Å². The summed E-state index contributed by atoms with van der Waals surface area (Å²) in [7, 11) is 0. The van der Waals surface area contributed by atoms with E-state index in [0.29, 0.717) is 13.1 Å². The summed E-state index contributed by atoms with van der Waals surface area (Å²) >= 11 is 0. The molecule has 2 N–H and O–H groups in total. The van der Waals surface area contributed by atoms with E-state index in [4.69, 9.17) is 5.73 Å². The summed E-state index contributed by atoms with van der Waals surface area (Å²) in [6.45, 7) is 7.05. The maximum atomic E-state index is 12.1. The Balaban J connectivity index is 3.27. The van der Waals surface area contributed by atoms with E-state index < -0.39 is 0 Å². The molecule has 0 saturated heterocycles. The van der Waals surface area contributed by atoms with Crippen LogP contribution >= 0.6 is 0 Å². The molecule has 96 valence electrons. The van der Waals surface area contributed by atoms with Gasteiger partial charge in [-0.15, -0.1) is 0 Å². The van der Waals surface area contributed by atoms with Gasteiger partial charge in [0.2, 0.25) is 0 Å². The van der Waals surface area contributed by atoms with Crippen LogP contribution in [0.3, 0.4) is 0 Å². The van der Waals surface area contributed by atoms with Crippen LogP contribution in [-0.2, 0) is 13.1 Å². The van der Waals surface area contributed by atoms with Gasteiger partial charge in [0.1, 0.15) is 5.69 Å². The highest BCUT2D eigenvalue weighted by Gasteiger charge is 2.11. The number of aryl methyl sites for hydroxylation is 1. The minimum Gasteiger partial charge on any atom is -0.393 e. The highest BCUT2D eigenvalue weighted by molar-refractivity contribution is 5.30. The van der Waals surface area contributed by atoms with Crippen LogP contribution < -0.4 is 17.0 Å². The standard InChI is InChI=1S/C12H21N3O2/c1-4-6-14-8-10(13)11(16)15(12(14)17)7-9(3)5-2/h8-9H,4-7,13H2,1-3H3. The van der Waals surface area contributed by atoms with Crippen LogP contribution in [0.1, 0.15) is 33.6 Å². The molecule has 0 saturated carbocycles. The van der Waals surface area contributed by atoms with E-state index in [0.717, 1.165) is 12.8 Å². The molecule has 0 aliphatic heterocycles. The van der Waals surface area contributed by atoms with E-state index in [1.165, 1.54) is 15.3 Å². The van der Waals surface area contributed by atoms with Gasteiger partial charge >= 0.3 is 5.69 Å². The van der Waals surface area contributed by atoms with Crippen LogP contribution in [0.5, 0.6) is 0 Å². The lowest BCUT2D eigenvalue weighted by atomic mass is 10.1. The first kappa shape index (κ1) is 13.5. The predicted molar refractivity (Wildman–Crippen MR) is 69.1 cm³/mol. The lowest BCUT2D eigenvalue weighted by Gasteiger charge is -2.13. The molecule has 0 radical (unpaired) electrons. The van der Waals surface area contributed by atoms with Crippen molar-refractivity contribution in [2.24, 2.45) is 5.92 Å². The lowest BCUT2D eigenvalue weighted by molar-refractivity contribution is 0.432. The zero-order chi connectivity index (χ0) is 13.0. The summed E-state index contributed by atoms with van der Waals surface area (Å²) < 4.78 is 2.76. The zero-order valence-corrected chi connectivity index (χ0v) is 10.8. The maximum Gasteiger partial charge on any atom is 0.331 e. The molecule has 1 heterocycles. The Morgan fingerprint density at radius 1 is 1.35 bits per heavy atom. The van der Waals surface area contributed by atoms with Crippen LogP contribution in [0.15, 0.2) is 15.8 Å². The molecule has 0 aromatic carbocycles. The normalized spacial score (nSPS) is 12.6. The number of hydrogen-bond acceptors (Lipinski definition) is 3. The fourth-order valence-electron chi connectivity index (χ4n) is 1.68. The fourth-order valence-corrected chi connectivity index (χ4v) is 1.68. The van der Waals surface area contributed by atoms with Crippen molar-refractivity contribution in [3.8, 4) is 0 Å². The third-order valence-electron chi connectivity index (χ3n) is 2.92. The summed E-state index contributed by atoms with van der Waals surface area (Å²) in [5.41, 5.74) is 5.15. The molecular weight excluding hydrogens is 218 g/mol. The smallest absolute Gasteiger partial charge is 0.331 e. The summed E-state index contributed by atoms with van der Waals surface area (Å²) in [5, 5.41) is 0. The third-order valence-corrected chi connectivity index (χ3v) is 2.92. The van der Waals surface area contributed by atoms with Crippen LogP contribution in [0, 0.1) is 5.92 Å². The van der Waals surface area contributed by atoms with E-state index in [1.807, 2.05) is 20.8 Å².